The minimum atomic E-state index is 0.193. The van der Waals surface area contributed by atoms with E-state index < -0.39 is 0 Å². The molecule has 0 bridgehead atoms. The van der Waals surface area contributed by atoms with E-state index in [1.165, 1.54) is 18.4 Å². The Bertz CT molecular complexity index is 608. The van der Waals surface area contributed by atoms with Gasteiger partial charge in [-0.1, -0.05) is 24.6 Å². The first-order valence-electron chi connectivity index (χ1n) is 7.78. The van der Waals surface area contributed by atoms with Crippen LogP contribution >= 0.6 is 0 Å². The lowest BCUT2D eigenvalue weighted by Gasteiger charge is -2.33. The molecule has 3 rings (SSSR count). The van der Waals surface area contributed by atoms with E-state index in [1.807, 2.05) is 12.1 Å². The van der Waals surface area contributed by atoms with Crippen molar-refractivity contribution in [2.45, 2.75) is 39.7 Å². The molecule has 0 unspecified atom stereocenters. The molecule has 4 heteroatoms. The van der Waals surface area contributed by atoms with Gasteiger partial charge < -0.3 is 4.42 Å². The maximum Gasteiger partial charge on any atom is 0.247 e. The van der Waals surface area contributed by atoms with Gasteiger partial charge in [0.15, 0.2) is 0 Å². The van der Waals surface area contributed by atoms with Crippen molar-refractivity contribution in [1.82, 2.24) is 15.1 Å². The largest absolute Gasteiger partial charge is 0.419 e. The average molecular weight is 285 g/mol. The molecule has 0 spiro atoms. The zero-order chi connectivity index (χ0) is 14.8. The first-order chi connectivity index (χ1) is 10.1. The molecule has 112 valence electrons. The van der Waals surface area contributed by atoms with Crippen LogP contribution in [0.2, 0.25) is 0 Å². The molecule has 1 fully saturated rings. The summed E-state index contributed by atoms with van der Waals surface area (Å²) in [7, 11) is 0. The molecule has 0 saturated carbocycles. The quantitative estimate of drug-likeness (QED) is 0.859. The highest BCUT2D eigenvalue weighted by Gasteiger charge is 2.25. The van der Waals surface area contributed by atoms with Crippen LogP contribution in [0.25, 0.3) is 11.5 Å². The highest BCUT2D eigenvalue weighted by Crippen LogP contribution is 2.27. The van der Waals surface area contributed by atoms with Gasteiger partial charge in [0.25, 0.3) is 0 Å². The molecule has 1 aromatic carbocycles. The van der Waals surface area contributed by atoms with Crippen molar-refractivity contribution in [3.05, 3.63) is 35.7 Å². The van der Waals surface area contributed by atoms with Crippen molar-refractivity contribution >= 4 is 0 Å². The Balaban J connectivity index is 1.78. The topological polar surface area (TPSA) is 42.2 Å². The third-order valence-electron chi connectivity index (χ3n) is 4.30. The fourth-order valence-electron chi connectivity index (χ4n) is 3.03. The van der Waals surface area contributed by atoms with Gasteiger partial charge >= 0.3 is 0 Å². The third-order valence-corrected chi connectivity index (χ3v) is 4.30. The summed E-state index contributed by atoms with van der Waals surface area (Å²) in [6.45, 7) is 8.77. The van der Waals surface area contributed by atoms with E-state index in [0.29, 0.717) is 5.89 Å². The fourth-order valence-corrected chi connectivity index (χ4v) is 3.03. The van der Waals surface area contributed by atoms with Crippen LogP contribution in [0.15, 0.2) is 28.7 Å². The van der Waals surface area contributed by atoms with E-state index in [4.69, 9.17) is 4.42 Å². The van der Waals surface area contributed by atoms with Crippen LogP contribution in [0.4, 0.5) is 0 Å². The van der Waals surface area contributed by atoms with Crippen LogP contribution in [0, 0.1) is 12.8 Å². The molecule has 1 aliphatic rings. The smallest absolute Gasteiger partial charge is 0.247 e. The lowest BCUT2D eigenvalue weighted by atomic mass is 9.99. The highest BCUT2D eigenvalue weighted by molar-refractivity contribution is 5.53. The Hall–Kier alpha value is -1.68. The van der Waals surface area contributed by atoms with Crippen molar-refractivity contribution in [3.8, 4) is 11.5 Å². The number of aromatic nitrogens is 2. The first kappa shape index (κ1) is 14.3. The Labute approximate surface area is 126 Å². The van der Waals surface area contributed by atoms with Crippen molar-refractivity contribution < 1.29 is 4.42 Å². The van der Waals surface area contributed by atoms with Crippen molar-refractivity contribution in [1.29, 1.82) is 0 Å². The van der Waals surface area contributed by atoms with Crippen molar-refractivity contribution in [3.63, 3.8) is 0 Å². The van der Waals surface area contributed by atoms with Gasteiger partial charge in [-0.3, -0.25) is 4.90 Å². The molecule has 1 aromatic heterocycles. The molecule has 4 nitrogen and oxygen atoms in total. The number of aryl methyl sites for hydroxylation is 1. The molecule has 2 aromatic rings. The highest BCUT2D eigenvalue weighted by atomic mass is 16.4. The van der Waals surface area contributed by atoms with Crippen LogP contribution < -0.4 is 0 Å². The third kappa shape index (κ3) is 3.16. The predicted molar refractivity (Wildman–Crippen MR) is 82.9 cm³/mol. The van der Waals surface area contributed by atoms with E-state index in [9.17, 15) is 0 Å². The number of likely N-dealkylation sites (tertiary alicyclic amines) is 1. The molecule has 2 heterocycles. The van der Waals surface area contributed by atoms with E-state index in [1.54, 1.807) is 0 Å². The summed E-state index contributed by atoms with van der Waals surface area (Å²) in [5.74, 6) is 2.09. The molecule has 0 amide bonds. The summed E-state index contributed by atoms with van der Waals surface area (Å²) >= 11 is 0. The molecule has 0 N–H and O–H groups in total. The molecular formula is C17H23N3O. The first-order valence-corrected chi connectivity index (χ1v) is 7.78. The molecule has 1 aliphatic heterocycles. The van der Waals surface area contributed by atoms with Gasteiger partial charge in [0, 0.05) is 12.1 Å². The summed E-state index contributed by atoms with van der Waals surface area (Å²) in [4.78, 5) is 2.45. The predicted octanol–water partition coefficient (Wildman–Crippen LogP) is 3.84. The molecule has 21 heavy (non-hydrogen) atoms. The summed E-state index contributed by atoms with van der Waals surface area (Å²) < 4.78 is 5.91. The van der Waals surface area contributed by atoms with Crippen LogP contribution in [0.5, 0.6) is 0 Å². The van der Waals surface area contributed by atoms with Gasteiger partial charge in [-0.15, -0.1) is 10.2 Å². The number of piperidine rings is 1. The van der Waals surface area contributed by atoms with Crippen molar-refractivity contribution in [2.24, 2.45) is 5.92 Å². The molecule has 1 saturated heterocycles. The number of nitrogens with zero attached hydrogens (tertiary/aromatic N) is 3. The molecule has 2 atom stereocenters. The van der Waals surface area contributed by atoms with Gasteiger partial charge in [0.05, 0.1) is 6.04 Å². The average Bonchev–Trinajstić information content (AvgIpc) is 2.96. The number of hydrogen-bond acceptors (Lipinski definition) is 4. The number of benzene rings is 1. The zero-order valence-electron chi connectivity index (χ0n) is 13.0. The van der Waals surface area contributed by atoms with Gasteiger partial charge in [-0.05, 0) is 51.3 Å². The van der Waals surface area contributed by atoms with E-state index in [0.717, 1.165) is 30.5 Å². The van der Waals surface area contributed by atoms with E-state index in [-0.39, 0.29) is 6.04 Å². The van der Waals surface area contributed by atoms with Crippen LogP contribution in [-0.2, 0) is 0 Å². The summed E-state index contributed by atoms with van der Waals surface area (Å²) in [6.07, 6.45) is 2.58. The minimum absolute atomic E-state index is 0.193. The number of rotatable bonds is 3. The Morgan fingerprint density at radius 2 is 2.19 bits per heavy atom. The Morgan fingerprint density at radius 1 is 1.33 bits per heavy atom. The van der Waals surface area contributed by atoms with Gasteiger partial charge in [0.2, 0.25) is 11.8 Å². The van der Waals surface area contributed by atoms with Crippen LogP contribution in [-0.4, -0.2) is 28.2 Å². The molecule has 0 aliphatic carbocycles. The standard InChI is InChI=1S/C17H23N3O/c1-12-6-4-8-15(10-12)17-19-18-16(21-17)14(3)20-9-5-7-13(2)11-20/h4,6,8,10,13-14H,5,7,9,11H2,1-3H3/t13-,14-/m1/s1. The normalized spacial score (nSPS) is 21.4. The summed E-state index contributed by atoms with van der Waals surface area (Å²) in [5.41, 5.74) is 2.19. The lowest BCUT2D eigenvalue weighted by molar-refractivity contribution is 0.122. The van der Waals surface area contributed by atoms with E-state index in [2.05, 4.69) is 48.0 Å². The Morgan fingerprint density at radius 3 is 2.95 bits per heavy atom. The lowest BCUT2D eigenvalue weighted by Crippen LogP contribution is -2.36. The monoisotopic (exact) mass is 285 g/mol. The second-order valence-electron chi connectivity index (χ2n) is 6.23. The van der Waals surface area contributed by atoms with Crippen LogP contribution in [0.3, 0.4) is 0 Å². The Kier molecular flexibility index (Phi) is 4.06. The summed E-state index contributed by atoms with van der Waals surface area (Å²) in [5, 5.41) is 8.48. The second kappa shape index (κ2) is 5.98. The van der Waals surface area contributed by atoms with Gasteiger partial charge in [0.1, 0.15) is 0 Å². The zero-order valence-corrected chi connectivity index (χ0v) is 13.0. The number of hydrogen-bond donors (Lipinski definition) is 0. The van der Waals surface area contributed by atoms with Crippen LogP contribution in [0.1, 0.15) is 44.2 Å². The van der Waals surface area contributed by atoms with Gasteiger partial charge in [-0.2, -0.15) is 0 Å². The second-order valence-corrected chi connectivity index (χ2v) is 6.23. The maximum absolute atomic E-state index is 5.91. The van der Waals surface area contributed by atoms with Crippen molar-refractivity contribution in [2.75, 3.05) is 13.1 Å². The fraction of sp³-hybridized carbons (Fsp3) is 0.529. The van der Waals surface area contributed by atoms with E-state index >= 15 is 0 Å². The maximum atomic E-state index is 5.91. The SMILES string of the molecule is Cc1cccc(-c2nnc([C@@H](C)N3CCC[C@@H](C)C3)o2)c1. The van der Waals surface area contributed by atoms with Gasteiger partial charge in [-0.25, -0.2) is 0 Å². The molecule has 0 radical (unpaired) electrons. The molecular weight excluding hydrogens is 262 g/mol. The summed E-state index contributed by atoms with van der Waals surface area (Å²) in [6, 6.07) is 8.37. The minimum Gasteiger partial charge on any atom is -0.419 e.